The molecular weight excluding hydrogens is 550 g/mol. The number of ether oxygens (including phenoxy) is 2. The maximum atomic E-state index is 12.8. The first-order valence-electron chi connectivity index (χ1n) is 12.2. The molecule has 3 aromatic rings. The Labute approximate surface area is 225 Å². The van der Waals surface area contributed by atoms with Crippen molar-refractivity contribution < 1.29 is 27.2 Å². The Morgan fingerprint density at radius 2 is 1.73 bits per heavy atom. The van der Waals surface area contributed by atoms with Gasteiger partial charge >= 0.3 is 6.18 Å². The van der Waals surface area contributed by atoms with Crippen LogP contribution in [-0.4, -0.2) is 27.3 Å². The third kappa shape index (κ3) is 4.97. The van der Waals surface area contributed by atoms with E-state index in [1.165, 1.54) is 12.4 Å². The fraction of sp³-hybridized carbons (Fsp3) is 0.560. The molecule has 4 fully saturated rings. The molecule has 198 valence electrons. The molecule has 2 bridgehead atoms. The van der Waals surface area contributed by atoms with Crippen LogP contribution in [0.2, 0.25) is 10.0 Å². The van der Waals surface area contributed by atoms with Gasteiger partial charge in [-0.05, 0) is 51.4 Å². The second-order valence-electron chi connectivity index (χ2n) is 10.4. The first-order valence-corrected chi connectivity index (χ1v) is 13.9. The van der Waals surface area contributed by atoms with Crippen molar-refractivity contribution in [1.29, 1.82) is 0 Å². The van der Waals surface area contributed by atoms with Crippen molar-refractivity contribution in [3.05, 3.63) is 44.8 Å². The largest absolute Gasteiger partial charge is 0.469 e. The highest BCUT2D eigenvalue weighted by Gasteiger charge is 2.50. The molecule has 4 aliphatic carbocycles. The molecule has 4 saturated carbocycles. The smallest absolute Gasteiger partial charge is 0.434 e. The normalized spacial score (nSPS) is 25.5. The van der Waals surface area contributed by atoms with E-state index in [9.17, 15) is 13.2 Å². The van der Waals surface area contributed by atoms with E-state index >= 15 is 0 Å². The highest BCUT2D eigenvalue weighted by atomic mass is 35.5. The van der Waals surface area contributed by atoms with Crippen LogP contribution in [0.3, 0.4) is 0 Å². The zero-order chi connectivity index (χ0) is 25.8. The molecule has 0 spiro atoms. The Morgan fingerprint density at radius 1 is 1.05 bits per heavy atom. The first kappa shape index (κ1) is 25.4. The number of hydrogen-bond donors (Lipinski definition) is 0. The quantitative estimate of drug-likeness (QED) is 0.271. The van der Waals surface area contributed by atoms with Crippen LogP contribution in [0.4, 0.5) is 13.2 Å². The second-order valence-corrected chi connectivity index (χ2v) is 12.0. The molecule has 0 saturated heterocycles. The van der Waals surface area contributed by atoms with Gasteiger partial charge in [-0.15, -0.1) is 0 Å². The van der Waals surface area contributed by atoms with Gasteiger partial charge in [0.05, 0.1) is 28.9 Å². The summed E-state index contributed by atoms with van der Waals surface area (Å²) in [6, 6.07) is 0. The van der Waals surface area contributed by atoms with Crippen LogP contribution in [0.1, 0.15) is 74.3 Å². The van der Waals surface area contributed by atoms with E-state index in [2.05, 4.69) is 15.1 Å². The molecule has 37 heavy (non-hydrogen) atoms. The minimum atomic E-state index is -4.46. The zero-order valence-electron chi connectivity index (χ0n) is 19.7. The molecule has 0 aliphatic heterocycles. The van der Waals surface area contributed by atoms with Gasteiger partial charge in [0.15, 0.2) is 5.69 Å². The third-order valence-corrected chi connectivity index (χ3v) is 9.31. The molecule has 0 atom stereocenters. The van der Waals surface area contributed by atoms with Gasteiger partial charge in [-0.3, -0.25) is 4.98 Å². The summed E-state index contributed by atoms with van der Waals surface area (Å²) < 4.78 is 56.7. The van der Waals surface area contributed by atoms with E-state index in [0.29, 0.717) is 40.4 Å². The molecule has 0 N–H and O–H groups in total. The Morgan fingerprint density at radius 3 is 2.32 bits per heavy atom. The van der Waals surface area contributed by atoms with E-state index in [1.54, 1.807) is 0 Å². The van der Waals surface area contributed by atoms with Crippen molar-refractivity contribution in [2.24, 2.45) is 5.41 Å². The number of nitrogens with zero attached hydrogens (tertiary/aromatic N) is 3. The summed E-state index contributed by atoms with van der Waals surface area (Å²) in [5.74, 6) is 1.18. The van der Waals surface area contributed by atoms with E-state index in [-0.39, 0.29) is 16.2 Å². The van der Waals surface area contributed by atoms with Crippen molar-refractivity contribution in [3.63, 3.8) is 0 Å². The van der Waals surface area contributed by atoms with Gasteiger partial charge in [0.25, 0.3) is 5.19 Å². The van der Waals surface area contributed by atoms with Gasteiger partial charge in [-0.1, -0.05) is 39.7 Å². The van der Waals surface area contributed by atoms with Gasteiger partial charge in [0, 0.05) is 40.2 Å². The minimum Gasteiger partial charge on any atom is -0.469 e. The van der Waals surface area contributed by atoms with Gasteiger partial charge in [-0.2, -0.15) is 18.2 Å². The van der Waals surface area contributed by atoms with Crippen LogP contribution in [-0.2, 0) is 17.5 Å². The average molecular weight is 574 g/mol. The SMILES string of the molecule is FC(F)(F)c1csc(OCC23CCC(OCc4c(-c5c(Cl)cncc5Cl)noc4C4CC4)(CC2)CC3)n1. The molecule has 6 nitrogen and oxygen atoms in total. The molecule has 0 unspecified atom stereocenters. The van der Waals surface area contributed by atoms with Crippen molar-refractivity contribution in [2.45, 2.75) is 75.7 Å². The summed E-state index contributed by atoms with van der Waals surface area (Å²) in [6.07, 6.45) is 5.96. The van der Waals surface area contributed by atoms with Crippen molar-refractivity contribution in [1.82, 2.24) is 15.1 Å². The van der Waals surface area contributed by atoms with E-state index in [1.807, 2.05) is 0 Å². The fourth-order valence-corrected chi connectivity index (χ4v) is 6.74. The minimum absolute atomic E-state index is 0.0607. The van der Waals surface area contributed by atoms with Crippen molar-refractivity contribution in [3.8, 4) is 16.5 Å². The number of hydrogen-bond acceptors (Lipinski definition) is 7. The summed E-state index contributed by atoms with van der Waals surface area (Å²) in [4.78, 5) is 7.64. The monoisotopic (exact) mass is 573 g/mol. The number of thiazole rings is 1. The van der Waals surface area contributed by atoms with E-state index in [0.717, 1.165) is 79.4 Å². The Bertz CT molecular complexity index is 1260. The number of pyridine rings is 1. The van der Waals surface area contributed by atoms with Gasteiger partial charge in [0.2, 0.25) is 0 Å². The number of halogens is 5. The standard InChI is InChI=1S/C25H24Cl2F3N3O3S/c26-16-9-31-10-17(27)19(16)20-15(21(36-33-20)14-1-2-14)11-35-24-6-3-23(4-7-24,5-8-24)13-34-22-32-18(12-37-22)25(28,29)30/h9-10,12,14H,1-8,11,13H2. The average Bonchev–Trinajstić information content (AvgIpc) is 3.44. The van der Waals surface area contributed by atoms with Crippen LogP contribution in [0.25, 0.3) is 11.3 Å². The van der Waals surface area contributed by atoms with Crippen LogP contribution < -0.4 is 4.74 Å². The maximum Gasteiger partial charge on any atom is 0.434 e. The number of rotatable bonds is 8. The highest BCUT2D eigenvalue weighted by molar-refractivity contribution is 7.11. The molecule has 3 aromatic heterocycles. The molecule has 0 amide bonds. The number of alkyl halides is 3. The third-order valence-electron chi connectivity index (χ3n) is 7.99. The van der Waals surface area contributed by atoms with E-state index < -0.39 is 11.9 Å². The Kier molecular flexibility index (Phi) is 6.45. The van der Waals surface area contributed by atoms with Gasteiger partial charge in [0.1, 0.15) is 11.5 Å². The zero-order valence-corrected chi connectivity index (χ0v) is 22.1. The van der Waals surface area contributed by atoms with E-state index in [4.69, 9.17) is 37.2 Å². The molecular formula is C25H24Cl2F3N3O3S. The number of fused-ring (bicyclic) bond motifs is 3. The van der Waals surface area contributed by atoms with Crippen molar-refractivity contribution in [2.75, 3.05) is 6.61 Å². The Balaban J connectivity index is 1.13. The predicted octanol–water partition coefficient (Wildman–Crippen LogP) is 8.08. The van der Waals surface area contributed by atoms with Crippen LogP contribution >= 0.6 is 34.5 Å². The summed E-state index contributed by atoms with van der Waals surface area (Å²) in [5.41, 5.74) is 0.873. The molecule has 7 rings (SSSR count). The first-order chi connectivity index (χ1) is 17.7. The lowest BCUT2D eigenvalue weighted by Gasteiger charge is -2.52. The fourth-order valence-electron chi connectivity index (χ4n) is 5.52. The molecule has 12 heteroatoms. The lowest BCUT2D eigenvalue weighted by molar-refractivity contribution is -0.150. The second kappa shape index (κ2) is 9.39. The molecule has 4 aliphatic rings. The van der Waals surface area contributed by atoms with Crippen LogP contribution in [0.5, 0.6) is 5.19 Å². The summed E-state index contributed by atoms with van der Waals surface area (Å²) in [6.45, 7) is 0.719. The van der Waals surface area contributed by atoms with Gasteiger partial charge in [-0.25, -0.2) is 0 Å². The predicted molar refractivity (Wildman–Crippen MR) is 132 cm³/mol. The maximum absolute atomic E-state index is 12.8. The lowest BCUT2D eigenvalue weighted by Crippen LogP contribution is -2.49. The molecule has 0 radical (unpaired) electrons. The number of aromatic nitrogens is 3. The Hall–Kier alpha value is -1.88. The summed E-state index contributed by atoms with van der Waals surface area (Å²) in [7, 11) is 0. The van der Waals surface area contributed by atoms with Crippen molar-refractivity contribution >= 4 is 34.5 Å². The summed E-state index contributed by atoms with van der Waals surface area (Å²) >= 11 is 13.7. The molecule has 0 aromatic carbocycles. The topological polar surface area (TPSA) is 70.3 Å². The summed E-state index contributed by atoms with van der Waals surface area (Å²) in [5, 5.41) is 6.21. The molecule has 3 heterocycles. The van der Waals surface area contributed by atoms with Crippen LogP contribution in [0, 0.1) is 5.41 Å². The van der Waals surface area contributed by atoms with Crippen LogP contribution in [0.15, 0.2) is 22.3 Å². The lowest BCUT2D eigenvalue weighted by atomic mass is 9.59. The highest BCUT2D eigenvalue weighted by Crippen LogP contribution is 2.55. The van der Waals surface area contributed by atoms with Gasteiger partial charge < -0.3 is 14.0 Å².